The molecule has 5 nitrogen and oxygen atoms in total. The molecule has 0 bridgehead atoms. The molecule has 0 atom stereocenters. The van der Waals surface area contributed by atoms with Gasteiger partial charge >= 0.3 is 0 Å². The Balaban J connectivity index is 1.86. The summed E-state index contributed by atoms with van der Waals surface area (Å²) in [7, 11) is 4.93. The van der Waals surface area contributed by atoms with Crippen LogP contribution in [-0.2, 0) is 11.4 Å². The molecule has 1 saturated heterocycles. The van der Waals surface area contributed by atoms with E-state index >= 15 is 0 Å². The predicted molar refractivity (Wildman–Crippen MR) is 123 cm³/mol. The summed E-state index contributed by atoms with van der Waals surface area (Å²) in [5, 5.41) is 1.08. The lowest BCUT2D eigenvalue weighted by Crippen LogP contribution is -2.23. The van der Waals surface area contributed by atoms with Gasteiger partial charge in [0, 0.05) is 17.7 Å². The maximum atomic E-state index is 12.3. The van der Waals surface area contributed by atoms with Gasteiger partial charge in [0.25, 0.3) is 5.91 Å². The molecule has 1 aliphatic rings. The summed E-state index contributed by atoms with van der Waals surface area (Å²) in [5.74, 6) is 0.890. The lowest BCUT2D eigenvalue weighted by molar-refractivity contribution is -0.121. The first-order valence-corrected chi connectivity index (χ1v) is 10.6. The number of rotatable bonds is 5. The first-order valence-electron chi connectivity index (χ1n) is 8.32. The molecule has 0 radical (unpaired) electrons. The zero-order chi connectivity index (χ0) is 20.3. The number of carbonyl (C=O) groups is 1. The Kier molecular flexibility index (Phi) is 6.90. The third kappa shape index (κ3) is 4.64. The highest BCUT2D eigenvalue weighted by Gasteiger charge is 2.29. The Morgan fingerprint density at radius 2 is 2.11 bits per heavy atom. The molecule has 8 heteroatoms. The molecule has 0 aromatic heterocycles. The summed E-state index contributed by atoms with van der Waals surface area (Å²) in [4.78, 5) is 18.5. The molecule has 2 aromatic carbocycles. The zero-order valence-corrected chi connectivity index (χ0v) is 19.3. The minimum atomic E-state index is -0.0975. The van der Waals surface area contributed by atoms with Crippen LogP contribution in [0.15, 0.2) is 46.3 Å². The monoisotopic (exact) mass is 528 g/mol. The highest BCUT2D eigenvalue weighted by Crippen LogP contribution is 2.39. The Morgan fingerprint density at radius 3 is 2.75 bits per heavy atom. The topological polar surface area (TPSA) is 51.1 Å². The van der Waals surface area contributed by atoms with E-state index in [9.17, 15) is 4.79 Å². The maximum Gasteiger partial charge on any atom is 0.266 e. The van der Waals surface area contributed by atoms with Gasteiger partial charge in [0.15, 0.2) is 16.7 Å². The summed E-state index contributed by atoms with van der Waals surface area (Å²) in [6.07, 6.45) is 1.78. The van der Waals surface area contributed by atoms with E-state index in [0.717, 1.165) is 14.7 Å². The number of nitrogens with zero attached hydrogens (tertiary/aromatic N) is 2. The molecule has 1 fully saturated rings. The first kappa shape index (κ1) is 21.0. The number of likely N-dealkylation sites (N-methyl/N-ethyl adjacent to an activating group) is 1. The number of benzene rings is 2. The Morgan fingerprint density at radius 1 is 1.32 bits per heavy atom. The van der Waals surface area contributed by atoms with Gasteiger partial charge in [-0.3, -0.25) is 14.7 Å². The minimum Gasteiger partial charge on any atom is -0.493 e. The molecule has 146 valence electrons. The van der Waals surface area contributed by atoms with Gasteiger partial charge in [-0.15, -0.1) is 0 Å². The SMILES string of the molecule is CN=C1SC(=Cc2cc(Cl)c(OCc3cccc(I)c3)c(OC)c2)C(=O)N1C. The summed E-state index contributed by atoms with van der Waals surface area (Å²) < 4.78 is 12.5. The predicted octanol–water partition coefficient (Wildman–Crippen LogP) is 5.06. The number of amides is 1. The normalized spacial score (nSPS) is 16.9. The molecule has 2 aromatic rings. The van der Waals surface area contributed by atoms with Crippen molar-refractivity contribution in [1.82, 2.24) is 4.90 Å². The van der Waals surface area contributed by atoms with Crippen LogP contribution in [0.2, 0.25) is 5.02 Å². The van der Waals surface area contributed by atoms with Crippen molar-refractivity contribution in [2.75, 3.05) is 21.2 Å². The number of hydrogen-bond donors (Lipinski definition) is 0. The summed E-state index contributed by atoms with van der Waals surface area (Å²) in [5.41, 5.74) is 1.80. The molecule has 0 aliphatic carbocycles. The smallest absolute Gasteiger partial charge is 0.266 e. The molecule has 0 spiro atoms. The van der Waals surface area contributed by atoms with Gasteiger partial charge in [-0.05, 0) is 75.8 Å². The fourth-order valence-electron chi connectivity index (χ4n) is 2.65. The molecule has 1 heterocycles. The number of aliphatic imine (C=N–C) groups is 1. The molecule has 0 N–H and O–H groups in total. The van der Waals surface area contributed by atoms with Gasteiger partial charge in [0.2, 0.25) is 0 Å². The van der Waals surface area contributed by atoms with Gasteiger partial charge in [-0.1, -0.05) is 23.7 Å². The van der Waals surface area contributed by atoms with Crippen molar-refractivity contribution in [3.8, 4) is 11.5 Å². The largest absolute Gasteiger partial charge is 0.493 e. The van der Waals surface area contributed by atoms with Crippen LogP contribution in [0.3, 0.4) is 0 Å². The van der Waals surface area contributed by atoms with E-state index in [2.05, 4.69) is 27.6 Å². The molecular formula is C20H18ClIN2O3S. The second kappa shape index (κ2) is 9.19. The quantitative estimate of drug-likeness (QED) is 0.402. The van der Waals surface area contributed by atoms with E-state index in [1.165, 1.54) is 16.7 Å². The molecule has 28 heavy (non-hydrogen) atoms. The standard InChI is InChI=1S/C20H18ClIN2O3S/c1-23-20-24(2)19(25)17(28-20)10-13-8-15(21)18(16(9-13)26-3)27-11-12-5-4-6-14(22)7-12/h4-10H,11H2,1-3H3. The Hall–Kier alpha value is -1.71. The minimum absolute atomic E-state index is 0.0975. The maximum absolute atomic E-state index is 12.3. The Labute approximate surface area is 186 Å². The van der Waals surface area contributed by atoms with Gasteiger partial charge < -0.3 is 9.47 Å². The van der Waals surface area contributed by atoms with Crippen LogP contribution in [0, 0.1) is 3.57 Å². The van der Waals surface area contributed by atoms with Crippen LogP contribution in [0.25, 0.3) is 6.08 Å². The van der Waals surface area contributed by atoms with E-state index in [-0.39, 0.29) is 5.91 Å². The number of ether oxygens (including phenoxy) is 2. The van der Waals surface area contributed by atoms with Crippen molar-refractivity contribution >= 4 is 63.1 Å². The number of halogens is 2. The number of thioether (sulfide) groups is 1. The number of amidine groups is 1. The highest BCUT2D eigenvalue weighted by atomic mass is 127. The van der Waals surface area contributed by atoms with Crippen LogP contribution in [0.1, 0.15) is 11.1 Å². The average Bonchev–Trinajstić information content (AvgIpc) is 2.94. The molecule has 1 aliphatic heterocycles. The van der Waals surface area contributed by atoms with E-state index in [4.69, 9.17) is 21.1 Å². The fraction of sp³-hybridized carbons (Fsp3) is 0.200. The number of methoxy groups -OCH3 is 1. The van der Waals surface area contributed by atoms with Crippen molar-refractivity contribution in [2.45, 2.75) is 6.61 Å². The van der Waals surface area contributed by atoms with Crippen molar-refractivity contribution in [1.29, 1.82) is 0 Å². The van der Waals surface area contributed by atoms with Crippen LogP contribution in [0.4, 0.5) is 0 Å². The summed E-state index contributed by atoms with van der Waals surface area (Å²) in [6, 6.07) is 11.6. The fourth-order valence-corrected chi connectivity index (χ4v) is 4.45. The lowest BCUT2D eigenvalue weighted by Gasteiger charge is -2.14. The van der Waals surface area contributed by atoms with Crippen molar-refractivity contribution in [3.63, 3.8) is 0 Å². The van der Waals surface area contributed by atoms with Crippen LogP contribution >= 0.6 is 46.0 Å². The zero-order valence-electron chi connectivity index (χ0n) is 15.5. The number of carbonyl (C=O) groups excluding carboxylic acids is 1. The summed E-state index contributed by atoms with van der Waals surface area (Å²) in [6.45, 7) is 0.378. The van der Waals surface area contributed by atoms with E-state index < -0.39 is 0 Å². The number of hydrogen-bond acceptors (Lipinski definition) is 5. The van der Waals surface area contributed by atoms with E-state index in [1.807, 2.05) is 24.3 Å². The van der Waals surface area contributed by atoms with Gasteiger partial charge in [0.05, 0.1) is 17.0 Å². The van der Waals surface area contributed by atoms with Gasteiger partial charge in [-0.25, -0.2) is 0 Å². The van der Waals surface area contributed by atoms with Gasteiger partial charge in [0.1, 0.15) is 6.61 Å². The second-order valence-corrected chi connectivity index (χ2v) is 8.60. The van der Waals surface area contributed by atoms with Crippen LogP contribution in [-0.4, -0.2) is 37.2 Å². The van der Waals surface area contributed by atoms with Crippen molar-refractivity contribution in [3.05, 3.63) is 61.0 Å². The first-order chi connectivity index (χ1) is 13.4. The molecule has 3 rings (SSSR count). The van der Waals surface area contributed by atoms with Gasteiger partial charge in [-0.2, -0.15) is 0 Å². The van der Waals surface area contributed by atoms with E-state index in [0.29, 0.717) is 33.2 Å². The van der Waals surface area contributed by atoms with Crippen molar-refractivity contribution in [2.24, 2.45) is 4.99 Å². The Bertz CT molecular complexity index is 978. The highest BCUT2D eigenvalue weighted by molar-refractivity contribution is 14.1. The van der Waals surface area contributed by atoms with Crippen LogP contribution in [0.5, 0.6) is 11.5 Å². The van der Waals surface area contributed by atoms with Crippen LogP contribution < -0.4 is 9.47 Å². The third-order valence-corrected chi connectivity index (χ3v) is 6.12. The lowest BCUT2D eigenvalue weighted by atomic mass is 10.1. The molecule has 0 unspecified atom stereocenters. The molecular weight excluding hydrogens is 511 g/mol. The van der Waals surface area contributed by atoms with Crippen molar-refractivity contribution < 1.29 is 14.3 Å². The molecule has 0 saturated carbocycles. The summed E-state index contributed by atoms with van der Waals surface area (Å²) >= 11 is 10.0. The second-order valence-electron chi connectivity index (χ2n) is 5.93. The van der Waals surface area contributed by atoms with E-state index in [1.54, 1.807) is 39.4 Å². The average molecular weight is 529 g/mol. The third-order valence-electron chi connectivity index (χ3n) is 4.02. The molecule has 1 amide bonds.